The Morgan fingerprint density at radius 3 is 0.833 bits per heavy atom. The van der Waals surface area contributed by atoms with E-state index in [4.69, 9.17) is 10.0 Å². The molecule has 12 heavy (non-hydrogen) atoms. The minimum absolute atomic E-state index is 0.575. The van der Waals surface area contributed by atoms with Crippen molar-refractivity contribution in [1.82, 2.24) is 0 Å². The maximum atomic E-state index is 5.72. The zero-order valence-corrected chi connectivity index (χ0v) is 19.6. The van der Waals surface area contributed by atoms with E-state index in [1.165, 1.54) is 0 Å². The van der Waals surface area contributed by atoms with E-state index < -0.39 is 17.6 Å². The number of rotatable bonds is 4. The van der Waals surface area contributed by atoms with Gasteiger partial charge in [0.25, 0.3) is 0 Å². The first-order chi connectivity index (χ1) is 5.03. The summed E-state index contributed by atoms with van der Waals surface area (Å²) in [6.45, 7) is 0. The third-order valence-corrected chi connectivity index (χ3v) is 61.2. The molecule has 9 heteroatoms. The summed E-state index contributed by atoms with van der Waals surface area (Å²) in [5, 5.41) is 0. The van der Waals surface area contributed by atoms with Crippen LogP contribution in [0.25, 0.3) is 0 Å². The van der Waals surface area contributed by atoms with Crippen LogP contribution in [0, 0.1) is 0 Å². The van der Waals surface area contributed by atoms with Gasteiger partial charge in [-0.05, 0) is 0 Å². The average molecular weight is 325 g/mol. The summed E-state index contributed by atoms with van der Waals surface area (Å²) in [4.78, 5) is 0. The Balaban J connectivity index is 5.67. The molecule has 0 rings (SSSR count). The monoisotopic (exact) mass is 323 g/mol. The Hall–Kier alpha value is 1.59. The summed E-state index contributed by atoms with van der Waals surface area (Å²) in [6, 6.07) is 0. The summed E-state index contributed by atoms with van der Waals surface area (Å²) in [6.07, 6.45) is 0. The number of hydrogen-bond acceptors (Lipinski definition) is 4. The molecule has 0 fully saturated rings. The van der Waals surface area contributed by atoms with Crippen LogP contribution in [0.1, 0.15) is 0 Å². The molecule has 0 heterocycles. The Kier molecular flexibility index (Phi) is 2.71. The standard InChI is InChI=1S/3CH3.4H3OSi.Zr/c;;;4*1-2;/h3*1H3;4*2H3;/q;;;4*-1;+4. The van der Waals surface area contributed by atoms with Crippen LogP contribution in [0.5, 0.6) is 0 Å². The van der Waals surface area contributed by atoms with Gasteiger partial charge in [0.15, 0.2) is 0 Å². The predicted molar refractivity (Wildman–Crippen MR) is 61.7 cm³/mol. The van der Waals surface area contributed by atoms with Crippen molar-refractivity contribution in [3.05, 3.63) is 0 Å². The zero-order valence-electron chi connectivity index (χ0n) is 9.13. The van der Waals surface area contributed by atoms with Gasteiger partial charge in [0.05, 0.1) is 0 Å². The van der Waals surface area contributed by atoms with Crippen molar-refractivity contribution in [2.45, 2.75) is 13.9 Å². The van der Waals surface area contributed by atoms with Crippen LogP contribution in [0.2, 0.25) is 13.9 Å². The molecule has 0 unspecified atom stereocenters. The molecule has 0 aliphatic rings. The van der Waals surface area contributed by atoms with Crippen molar-refractivity contribution in [2.75, 3.05) is 0 Å². The molecule has 0 aromatic rings. The second-order valence-electron chi connectivity index (χ2n) is 5.27. The van der Waals surface area contributed by atoms with Crippen LogP contribution in [-0.2, 0) is 27.6 Å². The summed E-state index contributed by atoms with van der Waals surface area (Å²) in [5.41, 5.74) is 0. The predicted octanol–water partition coefficient (Wildman–Crippen LogP) is -3.26. The molecule has 0 atom stereocenters. The normalized spacial score (nSPS) is 23.1. The van der Waals surface area contributed by atoms with E-state index in [9.17, 15) is 0 Å². The summed E-state index contributed by atoms with van der Waals surface area (Å²) < 4.78 is 28.6. The van der Waals surface area contributed by atoms with Crippen molar-refractivity contribution in [2.24, 2.45) is 0 Å². The van der Waals surface area contributed by atoms with Gasteiger partial charge in [-0.15, -0.1) is 0 Å². The Morgan fingerprint density at radius 1 is 0.667 bits per heavy atom. The van der Waals surface area contributed by atoms with E-state index in [0.717, 1.165) is 0 Å². The van der Waals surface area contributed by atoms with Crippen molar-refractivity contribution in [1.29, 1.82) is 0 Å². The average Bonchev–Trinajstić information content (AvgIpc) is 2.08. The van der Waals surface area contributed by atoms with Crippen LogP contribution in [0.15, 0.2) is 0 Å². The molecule has 0 aromatic heterocycles. The molecule has 0 aliphatic heterocycles. The second-order valence-corrected chi connectivity index (χ2v) is 40.8. The Morgan fingerprint density at radius 2 is 0.833 bits per heavy atom. The van der Waals surface area contributed by atoms with Gasteiger partial charge in [-0.1, -0.05) is 0 Å². The molecule has 0 saturated carbocycles. The van der Waals surface area contributed by atoms with Crippen molar-refractivity contribution >= 4 is 41.9 Å². The van der Waals surface area contributed by atoms with Crippen molar-refractivity contribution in [3.8, 4) is 0 Å². The summed E-state index contributed by atoms with van der Waals surface area (Å²) >= 11 is -4.89. The number of hydrogen-bond donors (Lipinski definition) is 0. The summed E-state index contributed by atoms with van der Waals surface area (Å²) in [7, 11) is 2.30. The first kappa shape index (κ1) is 13.6. The third kappa shape index (κ3) is 1.99. The molecule has 4 nitrogen and oxygen atoms in total. The summed E-state index contributed by atoms with van der Waals surface area (Å²) in [5.74, 6) is 0. The van der Waals surface area contributed by atoms with Crippen LogP contribution in [-0.4, -0.2) is 41.9 Å². The topological polar surface area (TPSA) is 36.9 Å². The molecule has 0 N–H and O–H groups in total. The zero-order chi connectivity index (χ0) is 10.2. The molecule has 0 aliphatic carbocycles. The quantitative estimate of drug-likeness (QED) is 0.509. The van der Waals surface area contributed by atoms with Gasteiger partial charge in [0, 0.05) is 0 Å². The van der Waals surface area contributed by atoms with Gasteiger partial charge in [-0.25, -0.2) is 0 Å². The molecule has 0 spiro atoms. The van der Waals surface area contributed by atoms with Gasteiger partial charge in [-0.2, -0.15) is 0 Å². The van der Waals surface area contributed by atoms with Gasteiger partial charge >= 0.3 is 83.4 Å². The van der Waals surface area contributed by atoms with Gasteiger partial charge in [-0.3, -0.25) is 0 Å². The van der Waals surface area contributed by atoms with Crippen LogP contribution >= 0.6 is 0 Å². The second kappa shape index (κ2) is 2.39. The Labute approximate surface area is 82.9 Å². The van der Waals surface area contributed by atoms with E-state index in [-0.39, 0.29) is 0 Å². The molecule has 77 valence electrons. The van der Waals surface area contributed by atoms with Gasteiger partial charge < -0.3 is 0 Å². The van der Waals surface area contributed by atoms with E-state index in [1.807, 2.05) is 13.9 Å². The fraction of sp³-hybridized carbons (Fsp3) is 1.00. The molecule has 0 aromatic carbocycles. The van der Waals surface area contributed by atoms with Crippen molar-refractivity contribution < 1.29 is 27.6 Å². The van der Waals surface area contributed by atoms with E-state index >= 15 is 0 Å². The Bertz CT molecular complexity index is 183. The first-order valence-electron chi connectivity index (χ1n) is 3.95. The molecule has 0 saturated heterocycles. The van der Waals surface area contributed by atoms with Gasteiger partial charge in [0.2, 0.25) is 0 Å². The fourth-order valence-corrected chi connectivity index (χ4v) is 26.6. The van der Waals surface area contributed by atoms with Crippen LogP contribution in [0.3, 0.4) is 0 Å². The van der Waals surface area contributed by atoms with Crippen molar-refractivity contribution in [3.63, 3.8) is 0 Å². The first-order valence-corrected chi connectivity index (χ1v) is 18.6. The van der Waals surface area contributed by atoms with Gasteiger partial charge in [0.1, 0.15) is 0 Å². The maximum absolute atomic E-state index is 5.72. The molecule has 0 bridgehead atoms. The van der Waals surface area contributed by atoms with Crippen LogP contribution in [0.4, 0.5) is 0 Å². The fourth-order valence-electron chi connectivity index (χ4n) is 0.500. The van der Waals surface area contributed by atoms with E-state index in [2.05, 4.69) is 0 Å². The molecule has 0 amide bonds. The molecule has 0 radical (unpaired) electrons. The third-order valence-electron chi connectivity index (χ3n) is 3.45. The van der Waals surface area contributed by atoms with Crippen LogP contribution < -0.4 is 0 Å². The van der Waals surface area contributed by atoms with E-state index in [0.29, 0.717) is 41.9 Å². The minimum atomic E-state index is -4.89. The SMILES string of the molecule is [CH3][Zr]([CH3])([CH3])([O][SiH3])([O][SiH3])([O][SiH3])[O][SiH3]. The molecular weight excluding hydrogens is 304 g/mol. The van der Waals surface area contributed by atoms with E-state index in [1.54, 1.807) is 0 Å². The molecular formula is C3H21O4Si4Zr.